The van der Waals surface area contributed by atoms with Crippen molar-refractivity contribution in [3.05, 3.63) is 47.0 Å². The largest absolute Gasteiger partial charge is 0.508 e. The molecule has 0 aromatic heterocycles. The summed E-state index contributed by atoms with van der Waals surface area (Å²) in [6.45, 7) is 1.58. The average molecular weight is 477 g/mol. The summed E-state index contributed by atoms with van der Waals surface area (Å²) in [7, 11) is 0. The van der Waals surface area contributed by atoms with Crippen LogP contribution in [0.2, 0.25) is 0 Å². The van der Waals surface area contributed by atoms with Crippen LogP contribution in [0.25, 0.3) is 0 Å². The molecule has 0 radical (unpaired) electrons. The molecule has 4 atom stereocenters. The normalized spacial score (nSPS) is 22.3. The fourth-order valence-electron chi connectivity index (χ4n) is 4.47. The minimum Gasteiger partial charge on any atom is -0.508 e. The molecule has 2 aliphatic rings. The first-order valence-corrected chi connectivity index (χ1v) is 11.8. The fraction of sp³-hybridized carbons (Fsp3) is 0.520. The van der Waals surface area contributed by atoms with Crippen molar-refractivity contribution in [1.82, 2.24) is 10.6 Å². The molecule has 2 saturated heterocycles. The van der Waals surface area contributed by atoms with Gasteiger partial charge in [0.1, 0.15) is 5.75 Å². The van der Waals surface area contributed by atoms with E-state index in [1.807, 2.05) is 0 Å². The molecular formula is C25H36N2O7. The van der Waals surface area contributed by atoms with Crippen LogP contribution < -0.4 is 10.6 Å². The lowest BCUT2D eigenvalue weighted by Crippen LogP contribution is -2.38. The van der Waals surface area contributed by atoms with Crippen molar-refractivity contribution in [1.29, 1.82) is 0 Å². The molecule has 2 aliphatic heterocycles. The lowest BCUT2D eigenvalue weighted by Gasteiger charge is -2.28. The van der Waals surface area contributed by atoms with Crippen molar-refractivity contribution in [2.24, 2.45) is 0 Å². The van der Waals surface area contributed by atoms with Crippen molar-refractivity contribution < 1.29 is 35.7 Å². The third kappa shape index (κ3) is 6.52. The van der Waals surface area contributed by atoms with E-state index in [9.17, 15) is 30.6 Å². The van der Waals surface area contributed by atoms with Gasteiger partial charge in [-0.1, -0.05) is 18.9 Å². The van der Waals surface area contributed by atoms with Crippen molar-refractivity contribution in [3.63, 3.8) is 0 Å². The minimum atomic E-state index is -0.798. The molecule has 0 amide bonds. The van der Waals surface area contributed by atoms with E-state index < -0.39 is 29.5 Å². The number of phenols is 4. The van der Waals surface area contributed by atoms with E-state index in [-0.39, 0.29) is 24.4 Å². The quantitative estimate of drug-likeness (QED) is 0.294. The summed E-state index contributed by atoms with van der Waals surface area (Å²) < 4.78 is 0. The third-order valence-electron chi connectivity index (χ3n) is 6.51. The molecule has 2 heterocycles. The van der Waals surface area contributed by atoms with Crippen LogP contribution in [0.5, 0.6) is 23.0 Å². The Kier molecular flexibility index (Phi) is 9.37. The molecule has 0 aliphatic carbocycles. The van der Waals surface area contributed by atoms with Gasteiger partial charge in [0.15, 0.2) is 17.2 Å². The predicted octanol–water partition coefficient (Wildman–Crippen LogP) is 2.04. The van der Waals surface area contributed by atoms with Crippen LogP contribution in [0.4, 0.5) is 0 Å². The number of aliphatic hydroxyl groups excluding tert-OH is 3. The molecule has 2 aromatic carbocycles. The fourth-order valence-corrected chi connectivity index (χ4v) is 4.47. The number of hydrogen-bond acceptors (Lipinski definition) is 9. The number of nitrogens with one attached hydrogen (secondary N) is 2. The number of rotatable bonds is 5. The van der Waals surface area contributed by atoms with E-state index in [1.165, 1.54) is 18.2 Å². The molecular weight excluding hydrogens is 440 g/mol. The Morgan fingerprint density at radius 1 is 0.706 bits per heavy atom. The Morgan fingerprint density at radius 2 is 1.24 bits per heavy atom. The number of phenolic OH excluding ortho intramolecular Hbond substituents is 3. The van der Waals surface area contributed by atoms with Gasteiger partial charge in [-0.2, -0.15) is 0 Å². The maximum Gasteiger partial charge on any atom is 0.200 e. The summed E-state index contributed by atoms with van der Waals surface area (Å²) in [4.78, 5) is 0. The molecule has 4 rings (SSSR count). The SMILES string of the molecule is OCc1cc(C(O)C2CCCCN2)ccc1O.Oc1cc(C(O)C2CCCCN2)cc(O)c1O. The van der Waals surface area contributed by atoms with Crippen molar-refractivity contribution >= 4 is 0 Å². The first-order valence-electron chi connectivity index (χ1n) is 11.8. The number of aromatic hydroxyl groups is 4. The highest BCUT2D eigenvalue weighted by atomic mass is 16.3. The molecule has 9 nitrogen and oxygen atoms in total. The van der Waals surface area contributed by atoms with Gasteiger partial charge in [-0.15, -0.1) is 0 Å². The van der Waals surface area contributed by atoms with Crippen molar-refractivity contribution in [2.45, 2.75) is 69.4 Å². The van der Waals surface area contributed by atoms with Crippen LogP contribution in [-0.2, 0) is 6.61 Å². The maximum absolute atomic E-state index is 10.2. The second-order valence-corrected chi connectivity index (χ2v) is 8.96. The van der Waals surface area contributed by atoms with Gasteiger partial charge in [0.05, 0.1) is 18.8 Å². The molecule has 2 aromatic rings. The third-order valence-corrected chi connectivity index (χ3v) is 6.51. The average Bonchev–Trinajstić information content (AvgIpc) is 2.88. The van der Waals surface area contributed by atoms with E-state index in [0.717, 1.165) is 57.2 Å². The zero-order valence-corrected chi connectivity index (χ0v) is 19.2. The molecule has 9 N–H and O–H groups in total. The first kappa shape index (κ1) is 26.1. The van der Waals surface area contributed by atoms with E-state index in [2.05, 4.69) is 10.6 Å². The molecule has 4 unspecified atom stereocenters. The van der Waals surface area contributed by atoms with Gasteiger partial charge in [0.25, 0.3) is 0 Å². The second-order valence-electron chi connectivity index (χ2n) is 8.96. The lowest BCUT2D eigenvalue weighted by atomic mass is 9.94. The second kappa shape index (κ2) is 12.2. The summed E-state index contributed by atoms with van der Waals surface area (Å²) in [5, 5.41) is 73.4. The van der Waals surface area contributed by atoms with Crippen LogP contribution in [0.15, 0.2) is 30.3 Å². The summed E-state index contributed by atoms with van der Waals surface area (Å²) in [5.74, 6) is -1.33. The van der Waals surface area contributed by atoms with Crippen molar-refractivity contribution in [3.8, 4) is 23.0 Å². The van der Waals surface area contributed by atoms with Gasteiger partial charge in [-0.3, -0.25) is 0 Å². The van der Waals surface area contributed by atoms with Gasteiger partial charge < -0.3 is 46.4 Å². The van der Waals surface area contributed by atoms with Crippen LogP contribution in [-0.4, -0.2) is 60.9 Å². The van der Waals surface area contributed by atoms with Gasteiger partial charge in [-0.05, 0) is 74.2 Å². The van der Waals surface area contributed by atoms with Crippen LogP contribution in [0, 0.1) is 0 Å². The van der Waals surface area contributed by atoms with Crippen LogP contribution >= 0.6 is 0 Å². The highest BCUT2D eigenvalue weighted by molar-refractivity contribution is 5.51. The van der Waals surface area contributed by atoms with E-state index in [1.54, 1.807) is 12.1 Å². The Morgan fingerprint density at radius 3 is 1.71 bits per heavy atom. The molecule has 0 bridgehead atoms. The molecule has 34 heavy (non-hydrogen) atoms. The Hall–Kier alpha value is -2.56. The monoisotopic (exact) mass is 476 g/mol. The van der Waals surface area contributed by atoms with Gasteiger partial charge in [0.2, 0.25) is 0 Å². The molecule has 2 fully saturated rings. The number of hydrogen-bond donors (Lipinski definition) is 9. The Bertz CT molecular complexity index is 904. The van der Waals surface area contributed by atoms with Crippen molar-refractivity contribution in [2.75, 3.05) is 13.1 Å². The predicted molar refractivity (Wildman–Crippen MR) is 127 cm³/mol. The van der Waals surface area contributed by atoms with E-state index in [4.69, 9.17) is 5.11 Å². The summed E-state index contributed by atoms with van der Waals surface area (Å²) in [5.41, 5.74) is 1.60. The number of piperidine rings is 2. The maximum atomic E-state index is 10.2. The number of benzene rings is 2. The summed E-state index contributed by atoms with van der Waals surface area (Å²) in [6, 6.07) is 7.43. The highest BCUT2D eigenvalue weighted by Gasteiger charge is 2.25. The standard InChI is InChI=1S/C13H19NO3.C12H17NO4/c15-8-10-7-9(4-5-12(10)16)13(17)11-3-1-2-6-14-11;14-9-5-7(6-10(15)12(9)17)11(16)8-3-1-2-4-13-8/h4-5,7,11,13-17H,1-3,6,8H2;5-6,8,11,13-17H,1-4H2. The van der Waals surface area contributed by atoms with E-state index in [0.29, 0.717) is 11.1 Å². The van der Waals surface area contributed by atoms with Gasteiger partial charge in [-0.25, -0.2) is 0 Å². The summed E-state index contributed by atoms with van der Waals surface area (Å²) in [6.07, 6.45) is 4.84. The van der Waals surface area contributed by atoms with Gasteiger partial charge >= 0.3 is 0 Å². The lowest BCUT2D eigenvalue weighted by molar-refractivity contribution is 0.113. The van der Waals surface area contributed by atoms with E-state index >= 15 is 0 Å². The molecule has 188 valence electrons. The van der Waals surface area contributed by atoms with Crippen LogP contribution in [0.1, 0.15) is 67.4 Å². The Labute approximate surface area is 199 Å². The Balaban J connectivity index is 0.000000191. The highest BCUT2D eigenvalue weighted by Crippen LogP contribution is 2.38. The topological polar surface area (TPSA) is 166 Å². The zero-order valence-electron chi connectivity index (χ0n) is 19.2. The molecule has 0 spiro atoms. The summed E-state index contributed by atoms with van der Waals surface area (Å²) >= 11 is 0. The molecule has 9 heteroatoms. The molecule has 0 saturated carbocycles. The first-order chi connectivity index (χ1) is 16.3. The van der Waals surface area contributed by atoms with Crippen LogP contribution in [0.3, 0.4) is 0 Å². The zero-order chi connectivity index (χ0) is 24.7. The minimum absolute atomic E-state index is 0.0693. The van der Waals surface area contributed by atoms with Gasteiger partial charge in [0, 0.05) is 17.6 Å². The number of aliphatic hydroxyl groups is 3. The smallest absolute Gasteiger partial charge is 0.200 e.